The van der Waals surface area contributed by atoms with Crippen molar-refractivity contribution in [3.8, 4) is 0 Å². The standard InChI is InChI=1S/C5H11NO/c1-5(4-7)3-6-2/h3,6-7H,4H2,1-2H3/b5-3-. The van der Waals surface area contributed by atoms with Gasteiger partial charge in [-0.15, -0.1) is 0 Å². The van der Waals surface area contributed by atoms with Gasteiger partial charge in [-0.25, -0.2) is 0 Å². The average molecular weight is 101 g/mol. The summed E-state index contributed by atoms with van der Waals surface area (Å²) in [6, 6.07) is 0. The third kappa shape index (κ3) is 3.33. The van der Waals surface area contributed by atoms with Crippen molar-refractivity contribution in [2.75, 3.05) is 13.7 Å². The first-order valence-electron chi connectivity index (χ1n) is 2.25. The molecule has 0 aliphatic rings. The maximum absolute atomic E-state index is 8.36. The summed E-state index contributed by atoms with van der Waals surface area (Å²) in [7, 11) is 1.80. The average Bonchev–Trinajstić information content (AvgIpc) is 1.68. The van der Waals surface area contributed by atoms with Crippen LogP contribution >= 0.6 is 0 Å². The molecular formula is C5H11NO. The Morgan fingerprint density at radius 1 is 1.86 bits per heavy atom. The molecule has 0 unspecified atom stereocenters. The van der Waals surface area contributed by atoms with Crippen molar-refractivity contribution in [1.82, 2.24) is 5.32 Å². The van der Waals surface area contributed by atoms with Crippen LogP contribution in [0.15, 0.2) is 11.8 Å². The minimum atomic E-state index is 0.140. The molecule has 0 aliphatic carbocycles. The SMILES string of the molecule is CN/C=C(/C)CO. The number of aliphatic hydroxyl groups excluding tert-OH is 1. The van der Waals surface area contributed by atoms with E-state index in [1.165, 1.54) is 0 Å². The molecule has 0 saturated heterocycles. The Bertz CT molecular complexity index is 68.5. The zero-order chi connectivity index (χ0) is 5.70. The molecule has 0 heterocycles. The smallest absolute Gasteiger partial charge is 0.0655 e. The molecule has 2 heteroatoms. The lowest BCUT2D eigenvalue weighted by Crippen LogP contribution is -1.96. The van der Waals surface area contributed by atoms with E-state index < -0.39 is 0 Å². The van der Waals surface area contributed by atoms with Gasteiger partial charge < -0.3 is 10.4 Å². The Labute approximate surface area is 43.9 Å². The molecule has 0 radical (unpaired) electrons. The predicted octanol–water partition coefficient (Wildman–Crippen LogP) is 0.102. The number of hydrogen-bond acceptors (Lipinski definition) is 2. The number of aliphatic hydroxyl groups is 1. The minimum absolute atomic E-state index is 0.140. The normalized spacial score (nSPS) is 11.6. The molecule has 0 atom stereocenters. The van der Waals surface area contributed by atoms with E-state index in [0.29, 0.717) is 0 Å². The highest BCUT2D eigenvalue weighted by Crippen LogP contribution is 1.82. The zero-order valence-corrected chi connectivity index (χ0v) is 4.73. The van der Waals surface area contributed by atoms with Gasteiger partial charge in [0.2, 0.25) is 0 Å². The van der Waals surface area contributed by atoms with Gasteiger partial charge in [0.15, 0.2) is 0 Å². The molecule has 0 aromatic rings. The van der Waals surface area contributed by atoms with Crippen LogP contribution in [0.2, 0.25) is 0 Å². The van der Waals surface area contributed by atoms with Crippen LogP contribution in [0.5, 0.6) is 0 Å². The molecule has 0 aliphatic heterocycles. The van der Waals surface area contributed by atoms with Crippen LogP contribution in [0.1, 0.15) is 6.92 Å². The van der Waals surface area contributed by atoms with E-state index in [0.717, 1.165) is 5.57 Å². The summed E-state index contributed by atoms with van der Waals surface area (Å²) < 4.78 is 0. The lowest BCUT2D eigenvalue weighted by molar-refractivity contribution is 0.330. The molecule has 0 rings (SSSR count). The quantitative estimate of drug-likeness (QED) is 0.517. The molecule has 2 N–H and O–H groups in total. The van der Waals surface area contributed by atoms with E-state index in [9.17, 15) is 0 Å². The van der Waals surface area contributed by atoms with Gasteiger partial charge >= 0.3 is 0 Å². The molecule has 0 saturated carbocycles. The molecule has 0 spiro atoms. The van der Waals surface area contributed by atoms with Gasteiger partial charge in [-0.1, -0.05) is 0 Å². The Balaban J connectivity index is 3.29. The molecule has 0 aromatic carbocycles. The minimum Gasteiger partial charge on any atom is -0.394 e. The van der Waals surface area contributed by atoms with Crippen molar-refractivity contribution in [1.29, 1.82) is 0 Å². The number of nitrogens with one attached hydrogen (secondary N) is 1. The second-order valence-corrected chi connectivity index (χ2v) is 1.44. The summed E-state index contributed by atoms with van der Waals surface area (Å²) in [5, 5.41) is 11.2. The van der Waals surface area contributed by atoms with Crippen molar-refractivity contribution in [3.05, 3.63) is 11.8 Å². The van der Waals surface area contributed by atoms with Gasteiger partial charge in [-0.3, -0.25) is 0 Å². The fourth-order valence-electron chi connectivity index (χ4n) is 0.292. The van der Waals surface area contributed by atoms with Crippen LogP contribution in [0, 0.1) is 0 Å². The summed E-state index contributed by atoms with van der Waals surface area (Å²) in [5.74, 6) is 0. The highest BCUT2D eigenvalue weighted by Gasteiger charge is 1.77. The van der Waals surface area contributed by atoms with Crippen molar-refractivity contribution < 1.29 is 5.11 Å². The molecule has 0 amide bonds. The first kappa shape index (κ1) is 6.50. The fourth-order valence-corrected chi connectivity index (χ4v) is 0.292. The van der Waals surface area contributed by atoms with Gasteiger partial charge in [-0.05, 0) is 18.7 Å². The topological polar surface area (TPSA) is 32.3 Å². The van der Waals surface area contributed by atoms with Crippen LogP contribution in [0.25, 0.3) is 0 Å². The van der Waals surface area contributed by atoms with Crippen LogP contribution in [0.4, 0.5) is 0 Å². The summed E-state index contributed by atoms with van der Waals surface area (Å²) in [4.78, 5) is 0. The second-order valence-electron chi connectivity index (χ2n) is 1.44. The Hall–Kier alpha value is -0.500. The van der Waals surface area contributed by atoms with E-state index in [1.54, 1.807) is 13.2 Å². The third-order valence-electron chi connectivity index (χ3n) is 0.640. The molecule has 0 aromatic heterocycles. The maximum Gasteiger partial charge on any atom is 0.0655 e. The summed E-state index contributed by atoms with van der Waals surface area (Å²) in [6.07, 6.45) is 1.76. The molecular weight excluding hydrogens is 90.1 g/mol. The van der Waals surface area contributed by atoms with Crippen LogP contribution in [-0.2, 0) is 0 Å². The largest absolute Gasteiger partial charge is 0.394 e. The van der Waals surface area contributed by atoms with Crippen molar-refractivity contribution in [3.63, 3.8) is 0 Å². The van der Waals surface area contributed by atoms with Gasteiger partial charge in [0.05, 0.1) is 6.61 Å². The maximum atomic E-state index is 8.36. The number of hydrogen-bond donors (Lipinski definition) is 2. The van der Waals surface area contributed by atoms with E-state index in [1.807, 2.05) is 6.92 Å². The first-order valence-corrected chi connectivity index (χ1v) is 2.25. The van der Waals surface area contributed by atoms with Crippen LogP contribution in [-0.4, -0.2) is 18.8 Å². The molecule has 0 fully saturated rings. The molecule has 2 nitrogen and oxygen atoms in total. The van der Waals surface area contributed by atoms with E-state index in [-0.39, 0.29) is 6.61 Å². The van der Waals surface area contributed by atoms with Crippen molar-refractivity contribution >= 4 is 0 Å². The highest BCUT2D eigenvalue weighted by atomic mass is 16.3. The van der Waals surface area contributed by atoms with E-state index >= 15 is 0 Å². The van der Waals surface area contributed by atoms with Gasteiger partial charge in [0, 0.05) is 7.05 Å². The second kappa shape index (κ2) is 3.68. The molecule has 0 bridgehead atoms. The summed E-state index contributed by atoms with van der Waals surface area (Å²) in [5.41, 5.74) is 0.947. The van der Waals surface area contributed by atoms with Gasteiger partial charge in [-0.2, -0.15) is 0 Å². The Morgan fingerprint density at radius 3 is 2.57 bits per heavy atom. The highest BCUT2D eigenvalue weighted by molar-refractivity contribution is 4.94. The molecule has 7 heavy (non-hydrogen) atoms. The third-order valence-corrected chi connectivity index (χ3v) is 0.640. The zero-order valence-electron chi connectivity index (χ0n) is 4.73. The van der Waals surface area contributed by atoms with Crippen LogP contribution in [0.3, 0.4) is 0 Å². The monoisotopic (exact) mass is 101 g/mol. The van der Waals surface area contributed by atoms with Gasteiger partial charge in [0.1, 0.15) is 0 Å². The fraction of sp³-hybridized carbons (Fsp3) is 0.600. The predicted molar refractivity (Wildman–Crippen MR) is 29.9 cm³/mol. The lowest BCUT2D eigenvalue weighted by Gasteiger charge is -1.90. The lowest BCUT2D eigenvalue weighted by atomic mass is 10.4. The van der Waals surface area contributed by atoms with Crippen LogP contribution < -0.4 is 5.32 Å². The van der Waals surface area contributed by atoms with E-state index in [2.05, 4.69) is 5.32 Å². The van der Waals surface area contributed by atoms with Crippen molar-refractivity contribution in [2.24, 2.45) is 0 Å². The molecule has 42 valence electrons. The Morgan fingerprint density at radius 2 is 2.43 bits per heavy atom. The van der Waals surface area contributed by atoms with Gasteiger partial charge in [0.25, 0.3) is 0 Å². The summed E-state index contributed by atoms with van der Waals surface area (Å²) >= 11 is 0. The first-order chi connectivity index (χ1) is 3.31. The summed E-state index contributed by atoms with van der Waals surface area (Å²) in [6.45, 7) is 2.00. The number of rotatable bonds is 2. The van der Waals surface area contributed by atoms with Crippen molar-refractivity contribution in [2.45, 2.75) is 6.92 Å². The van der Waals surface area contributed by atoms with E-state index in [4.69, 9.17) is 5.11 Å². The Kier molecular flexibility index (Phi) is 3.42.